The van der Waals surface area contributed by atoms with E-state index >= 15 is 0 Å². The van der Waals surface area contributed by atoms with Crippen LogP contribution >= 0.6 is 0 Å². The van der Waals surface area contributed by atoms with Crippen molar-refractivity contribution in [2.75, 3.05) is 19.0 Å². The monoisotopic (exact) mass is 439 g/mol. The van der Waals surface area contributed by atoms with Gasteiger partial charge in [0.15, 0.2) is 0 Å². The molecule has 3 N–H and O–H groups in total. The highest BCUT2D eigenvalue weighted by Crippen LogP contribution is 2.25. The van der Waals surface area contributed by atoms with E-state index in [2.05, 4.69) is 15.5 Å². The van der Waals surface area contributed by atoms with Gasteiger partial charge in [0.1, 0.15) is 5.75 Å². The van der Waals surface area contributed by atoms with Gasteiger partial charge in [0.25, 0.3) is 0 Å². The Morgan fingerprint density at radius 1 is 1.09 bits per heavy atom. The Hall–Kier alpha value is -2.90. The summed E-state index contributed by atoms with van der Waals surface area (Å²) in [5, 5.41) is 15.1. The number of hydrogen-bond acceptors (Lipinski definition) is 5. The van der Waals surface area contributed by atoms with Crippen LogP contribution in [0, 0.1) is 13.8 Å². The van der Waals surface area contributed by atoms with Gasteiger partial charge < -0.3 is 15.2 Å². The van der Waals surface area contributed by atoms with Crippen LogP contribution in [0.2, 0.25) is 0 Å². The van der Waals surface area contributed by atoms with Crippen molar-refractivity contribution in [3.63, 3.8) is 0 Å². The Labute approximate surface area is 189 Å². The van der Waals surface area contributed by atoms with Crippen LogP contribution in [0.15, 0.2) is 42.5 Å². The molecule has 2 aromatic rings. The number of urea groups is 1. The molecule has 0 aromatic heterocycles. The first-order valence-corrected chi connectivity index (χ1v) is 11.1. The molecule has 2 aromatic carbocycles. The average Bonchev–Trinajstić information content (AvgIpc) is 2.77. The summed E-state index contributed by atoms with van der Waals surface area (Å²) in [5.74, 6) is 0.403. The summed E-state index contributed by atoms with van der Waals surface area (Å²) in [6.45, 7) is 4.56. The van der Waals surface area contributed by atoms with Crippen molar-refractivity contribution in [3.05, 3.63) is 59.2 Å². The van der Waals surface area contributed by atoms with E-state index in [1.165, 1.54) is 0 Å². The molecule has 0 atom stereocenters. The van der Waals surface area contributed by atoms with E-state index in [1.807, 2.05) is 56.3 Å². The fourth-order valence-electron chi connectivity index (χ4n) is 4.13. The molecule has 7 heteroatoms. The van der Waals surface area contributed by atoms with Crippen molar-refractivity contribution in [2.24, 2.45) is 0 Å². The minimum absolute atomic E-state index is 0.0954. The summed E-state index contributed by atoms with van der Waals surface area (Å²) in [6, 6.07) is 13.0. The van der Waals surface area contributed by atoms with Gasteiger partial charge in [-0.2, -0.15) is 0 Å². The van der Waals surface area contributed by atoms with E-state index in [0.29, 0.717) is 25.1 Å². The quantitative estimate of drug-likeness (QED) is 0.611. The van der Waals surface area contributed by atoms with Crippen molar-refractivity contribution in [3.8, 4) is 5.75 Å². The van der Waals surface area contributed by atoms with Crippen molar-refractivity contribution in [2.45, 2.75) is 58.2 Å². The fourth-order valence-corrected chi connectivity index (χ4v) is 4.13. The smallest absolute Gasteiger partial charge is 0.325 e. The number of aliphatic hydroxyl groups is 1. The van der Waals surface area contributed by atoms with Gasteiger partial charge in [0.2, 0.25) is 5.91 Å². The number of aliphatic hydroxyl groups excluding tert-OH is 1. The van der Waals surface area contributed by atoms with Crippen LogP contribution in [0.5, 0.6) is 5.75 Å². The van der Waals surface area contributed by atoms with Gasteiger partial charge in [-0.05, 0) is 74.4 Å². The third-order valence-corrected chi connectivity index (χ3v) is 6.15. The van der Waals surface area contributed by atoms with Crippen LogP contribution < -0.4 is 15.4 Å². The first kappa shape index (κ1) is 23.8. The Bertz CT molecular complexity index is 939. The lowest BCUT2D eigenvalue weighted by Crippen LogP contribution is -2.46. The maximum absolute atomic E-state index is 12.7. The molecule has 1 saturated carbocycles. The van der Waals surface area contributed by atoms with E-state index in [9.17, 15) is 14.7 Å². The number of nitrogens with zero attached hydrogens (tertiary/aromatic N) is 1. The Kier molecular flexibility index (Phi) is 8.25. The van der Waals surface area contributed by atoms with Crippen molar-refractivity contribution in [1.82, 2.24) is 10.2 Å². The number of nitrogens with one attached hydrogen (secondary N) is 2. The number of hydrogen-bond donors (Lipinski definition) is 3. The van der Waals surface area contributed by atoms with Crippen LogP contribution in [0.3, 0.4) is 0 Å². The first-order valence-electron chi connectivity index (χ1n) is 11.1. The van der Waals surface area contributed by atoms with Gasteiger partial charge in [-0.25, -0.2) is 4.79 Å². The van der Waals surface area contributed by atoms with E-state index in [4.69, 9.17) is 4.74 Å². The number of methoxy groups -OCH3 is 1. The topological polar surface area (TPSA) is 90.9 Å². The molecule has 0 spiro atoms. The zero-order chi connectivity index (χ0) is 23.1. The first-order chi connectivity index (χ1) is 15.4. The molecule has 3 amide bonds. The molecule has 3 rings (SSSR count). The highest BCUT2D eigenvalue weighted by Gasteiger charge is 2.27. The largest absolute Gasteiger partial charge is 0.497 e. The number of imide groups is 1. The van der Waals surface area contributed by atoms with Crippen LogP contribution in [0.1, 0.15) is 42.4 Å². The Morgan fingerprint density at radius 3 is 2.53 bits per heavy atom. The summed E-state index contributed by atoms with van der Waals surface area (Å²) >= 11 is 0. The number of anilines is 1. The standard InChI is InChI=1S/C25H33N3O4/c1-17-6-4-9-23(18(17)2)26-25(31)27-24(30)16-28(20-10-12-21(29)13-11-20)15-19-7-5-8-22(14-19)32-3/h4-9,14,20-21,29H,10-13,15-16H2,1-3H3,(H2,26,27,30,31). The van der Waals surface area contributed by atoms with Gasteiger partial charge in [0.05, 0.1) is 19.8 Å². The van der Waals surface area contributed by atoms with Crippen LogP contribution in [0.4, 0.5) is 10.5 Å². The lowest BCUT2D eigenvalue weighted by molar-refractivity contribution is -0.122. The second-order valence-corrected chi connectivity index (χ2v) is 8.47. The second-order valence-electron chi connectivity index (χ2n) is 8.47. The predicted octanol–water partition coefficient (Wildman–Crippen LogP) is 3.77. The molecule has 32 heavy (non-hydrogen) atoms. The molecular weight excluding hydrogens is 406 g/mol. The minimum Gasteiger partial charge on any atom is -0.497 e. The molecule has 172 valence electrons. The van der Waals surface area contributed by atoms with E-state index in [1.54, 1.807) is 7.11 Å². The molecule has 0 bridgehead atoms. The summed E-state index contributed by atoms with van der Waals surface area (Å²) in [6.07, 6.45) is 2.78. The Morgan fingerprint density at radius 2 is 1.81 bits per heavy atom. The summed E-state index contributed by atoms with van der Waals surface area (Å²) in [5.41, 5.74) is 3.75. The molecule has 1 fully saturated rings. The van der Waals surface area contributed by atoms with Gasteiger partial charge in [0, 0.05) is 18.3 Å². The number of aryl methyl sites for hydroxylation is 1. The van der Waals surface area contributed by atoms with E-state index in [-0.39, 0.29) is 24.6 Å². The number of benzene rings is 2. The third kappa shape index (κ3) is 6.55. The Balaban J connectivity index is 1.65. The summed E-state index contributed by atoms with van der Waals surface area (Å²) < 4.78 is 5.32. The SMILES string of the molecule is COc1cccc(CN(CC(=O)NC(=O)Nc2cccc(C)c2C)C2CCC(O)CC2)c1. The molecule has 7 nitrogen and oxygen atoms in total. The van der Waals surface area contributed by atoms with Crippen LogP contribution in [-0.2, 0) is 11.3 Å². The van der Waals surface area contributed by atoms with Crippen LogP contribution in [0.25, 0.3) is 0 Å². The molecule has 0 heterocycles. The van der Waals surface area contributed by atoms with Crippen LogP contribution in [-0.4, -0.2) is 47.7 Å². The summed E-state index contributed by atoms with van der Waals surface area (Å²) in [7, 11) is 1.63. The number of carbonyl (C=O) groups is 2. The lowest BCUT2D eigenvalue weighted by atomic mass is 9.91. The summed E-state index contributed by atoms with van der Waals surface area (Å²) in [4.78, 5) is 27.2. The number of rotatable bonds is 7. The van der Waals surface area contributed by atoms with E-state index < -0.39 is 6.03 Å². The lowest BCUT2D eigenvalue weighted by Gasteiger charge is -2.35. The molecule has 0 saturated heterocycles. The molecule has 0 radical (unpaired) electrons. The van der Waals surface area contributed by atoms with Crippen molar-refractivity contribution >= 4 is 17.6 Å². The maximum Gasteiger partial charge on any atom is 0.325 e. The molecule has 0 unspecified atom stereocenters. The van der Waals surface area contributed by atoms with Crippen molar-refractivity contribution in [1.29, 1.82) is 0 Å². The number of ether oxygens (including phenoxy) is 1. The highest BCUT2D eigenvalue weighted by molar-refractivity contribution is 6.02. The van der Waals surface area contributed by atoms with Gasteiger partial charge >= 0.3 is 6.03 Å². The fraction of sp³-hybridized carbons (Fsp3) is 0.440. The van der Waals surface area contributed by atoms with E-state index in [0.717, 1.165) is 35.3 Å². The molecule has 1 aliphatic rings. The number of carbonyl (C=O) groups excluding carboxylic acids is 2. The van der Waals surface area contributed by atoms with Gasteiger partial charge in [-0.3, -0.25) is 15.0 Å². The molecule has 1 aliphatic carbocycles. The molecular formula is C25H33N3O4. The second kappa shape index (κ2) is 11.1. The zero-order valence-electron chi connectivity index (χ0n) is 19.1. The van der Waals surface area contributed by atoms with Gasteiger partial charge in [-0.15, -0.1) is 0 Å². The molecule has 0 aliphatic heterocycles. The van der Waals surface area contributed by atoms with Gasteiger partial charge in [-0.1, -0.05) is 24.3 Å². The third-order valence-electron chi connectivity index (χ3n) is 6.15. The maximum atomic E-state index is 12.7. The zero-order valence-corrected chi connectivity index (χ0v) is 19.1. The predicted molar refractivity (Wildman–Crippen MR) is 125 cm³/mol. The average molecular weight is 440 g/mol. The normalized spacial score (nSPS) is 18.3. The van der Waals surface area contributed by atoms with Crippen molar-refractivity contribution < 1.29 is 19.4 Å². The number of amides is 3. The highest BCUT2D eigenvalue weighted by atomic mass is 16.5. The minimum atomic E-state index is -0.538.